The normalized spacial score (nSPS) is 17.0. The van der Waals surface area contributed by atoms with Crippen LogP contribution >= 0.6 is 0 Å². The van der Waals surface area contributed by atoms with Crippen LogP contribution in [0.1, 0.15) is 16.9 Å². The van der Waals surface area contributed by atoms with Crippen molar-refractivity contribution in [3.05, 3.63) is 60.4 Å². The first-order valence-corrected chi connectivity index (χ1v) is 7.46. The zero-order chi connectivity index (χ0) is 16.1. The number of hydrogen-bond donors (Lipinski definition) is 1. The van der Waals surface area contributed by atoms with E-state index in [1.165, 1.54) is 0 Å². The molecule has 1 aromatic carbocycles. The van der Waals surface area contributed by atoms with Crippen molar-refractivity contribution in [3.8, 4) is 0 Å². The van der Waals surface area contributed by atoms with E-state index in [-0.39, 0.29) is 18.1 Å². The highest BCUT2D eigenvalue weighted by Gasteiger charge is 2.31. The SMILES string of the molecule is O=C(NCCC1CN(c2ccccc2)C(=O)O1)c1ccccn1. The summed E-state index contributed by atoms with van der Waals surface area (Å²) in [5.41, 5.74) is 1.19. The van der Waals surface area contributed by atoms with Gasteiger partial charge in [-0.05, 0) is 24.3 Å². The summed E-state index contributed by atoms with van der Waals surface area (Å²) >= 11 is 0. The molecule has 0 spiro atoms. The molecule has 1 saturated heterocycles. The van der Waals surface area contributed by atoms with Gasteiger partial charge in [0.15, 0.2) is 0 Å². The van der Waals surface area contributed by atoms with Crippen LogP contribution in [0, 0.1) is 0 Å². The molecule has 0 saturated carbocycles. The van der Waals surface area contributed by atoms with E-state index < -0.39 is 0 Å². The first kappa shape index (κ1) is 15.0. The van der Waals surface area contributed by atoms with Gasteiger partial charge in [0.1, 0.15) is 11.8 Å². The van der Waals surface area contributed by atoms with Crippen LogP contribution in [0.4, 0.5) is 10.5 Å². The van der Waals surface area contributed by atoms with Crippen molar-refractivity contribution < 1.29 is 14.3 Å². The molecule has 1 aromatic heterocycles. The number of carbonyl (C=O) groups is 2. The van der Waals surface area contributed by atoms with Gasteiger partial charge in [0.25, 0.3) is 5.91 Å². The fourth-order valence-electron chi connectivity index (χ4n) is 2.42. The summed E-state index contributed by atoms with van der Waals surface area (Å²) in [7, 11) is 0. The number of aromatic nitrogens is 1. The summed E-state index contributed by atoms with van der Waals surface area (Å²) < 4.78 is 5.34. The molecule has 0 radical (unpaired) electrons. The second kappa shape index (κ2) is 6.91. The molecule has 1 aliphatic rings. The number of hydrogen-bond acceptors (Lipinski definition) is 4. The van der Waals surface area contributed by atoms with E-state index in [0.29, 0.717) is 25.2 Å². The molecule has 118 valence electrons. The first-order valence-electron chi connectivity index (χ1n) is 7.46. The predicted molar refractivity (Wildman–Crippen MR) is 85.2 cm³/mol. The molecule has 2 aromatic rings. The van der Waals surface area contributed by atoms with Crippen molar-refractivity contribution in [1.82, 2.24) is 10.3 Å². The third-order valence-corrected chi connectivity index (χ3v) is 3.59. The van der Waals surface area contributed by atoms with Gasteiger partial charge in [-0.3, -0.25) is 14.7 Å². The zero-order valence-electron chi connectivity index (χ0n) is 12.5. The number of carbonyl (C=O) groups excluding carboxylic acids is 2. The van der Waals surface area contributed by atoms with Crippen LogP contribution in [0.5, 0.6) is 0 Å². The predicted octanol–water partition coefficient (Wildman–Crippen LogP) is 2.23. The Kier molecular flexibility index (Phi) is 4.52. The van der Waals surface area contributed by atoms with Gasteiger partial charge in [0.05, 0.1) is 6.54 Å². The highest BCUT2D eigenvalue weighted by Crippen LogP contribution is 2.22. The largest absolute Gasteiger partial charge is 0.444 e. The van der Waals surface area contributed by atoms with Crippen LogP contribution in [-0.4, -0.2) is 36.2 Å². The Morgan fingerprint density at radius 2 is 2.00 bits per heavy atom. The minimum atomic E-state index is -0.350. The lowest BCUT2D eigenvalue weighted by atomic mass is 10.2. The van der Waals surface area contributed by atoms with Crippen LogP contribution in [0.3, 0.4) is 0 Å². The summed E-state index contributed by atoms with van der Waals surface area (Å²) in [4.78, 5) is 29.4. The molecule has 1 N–H and O–H groups in total. The number of nitrogens with zero attached hydrogens (tertiary/aromatic N) is 2. The van der Waals surface area contributed by atoms with Crippen LogP contribution in [0.2, 0.25) is 0 Å². The number of ether oxygens (including phenoxy) is 1. The number of pyridine rings is 1. The van der Waals surface area contributed by atoms with Gasteiger partial charge in [-0.1, -0.05) is 24.3 Å². The molecular weight excluding hydrogens is 294 g/mol. The van der Waals surface area contributed by atoms with Crippen LogP contribution in [-0.2, 0) is 4.74 Å². The van der Waals surface area contributed by atoms with Crippen molar-refractivity contribution in [2.24, 2.45) is 0 Å². The maximum atomic E-state index is 11.9. The molecule has 1 aliphatic heterocycles. The molecule has 6 nitrogen and oxygen atoms in total. The first-order chi connectivity index (χ1) is 11.2. The summed E-state index contributed by atoms with van der Waals surface area (Å²) in [6, 6.07) is 14.6. The lowest BCUT2D eigenvalue weighted by molar-refractivity contribution is 0.0939. The van der Waals surface area contributed by atoms with E-state index in [0.717, 1.165) is 5.69 Å². The minimum absolute atomic E-state index is 0.227. The van der Waals surface area contributed by atoms with E-state index in [9.17, 15) is 9.59 Å². The van der Waals surface area contributed by atoms with E-state index in [4.69, 9.17) is 4.74 Å². The lowest BCUT2D eigenvalue weighted by Crippen LogP contribution is -2.29. The fraction of sp³-hybridized carbons (Fsp3) is 0.235. The molecule has 23 heavy (non-hydrogen) atoms. The van der Waals surface area contributed by atoms with Crippen molar-refractivity contribution >= 4 is 17.7 Å². The molecule has 0 aliphatic carbocycles. The van der Waals surface area contributed by atoms with Crippen molar-refractivity contribution in [2.45, 2.75) is 12.5 Å². The highest BCUT2D eigenvalue weighted by molar-refractivity contribution is 5.92. The van der Waals surface area contributed by atoms with Crippen LogP contribution in [0.15, 0.2) is 54.7 Å². The van der Waals surface area contributed by atoms with Crippen molar-refractivity contribution in [1.29, 1.82) is 0 Å². The summed E-state index contributed by atoms with van der Waals surface area (Å²) in [6.07, 6.45) is 1.56. The van der Waals surface area contributed by atoms with Gasteiger partial charge in [0.2, 0.25) is 0 Å². The van der Waals surface area contributed by atoms with E-state index in [1.807, 2.05) is 30.3 Å². The van der Waals surface area contributed by atoms with Gasteiger partial charge in [0, 0.05) is 24.8 Å². The number of benzene rings is 1. The fourth-order valence-corrected chi connectivity index (χ4v) is 2.42. The Hall–Kier alpha value is -2.89. The third-order valence-electron chi connectivity index (χ3n) is 3.59. The Bertz CT molecular complexity index is 676. The van der Waals surface area contributed by atoms with E-state index in [2.05, 4.69) is 10.3 Å². The number of nitrogens with one attached hydrogen (secondary N) is 1. The molecule has 2 heterocycles. The van der Waals surface area contributed by atoms with Gasteiger partial charge < -0.3 is 10.1 Å². The average Bonchev–Trinajstić information content (AvgIpc) is 2.97. The van der Waals surface area contributed by atoms with Gasteiger partial charge in [-0.15, -0.1) is 0 Å². The molecule has 6 heteroatoms. The maximum Gasteiger partial charge on any atom is 0.414 e. The Labute approximate surface area is 134 Å². The quantitative estimate of drug-likeness (QED) is 0.919. The molecular formula is C17H17N3O3. The van der Waals surface area contributed by atoms with Crippen LogP contribution < -0.4 is 10.2 Å². The Balaban J connectivity index is 1.49. The molecule has 0 bridgehead atoms. The monoisotopic (exact) mass is 311 g/mol. The summed E-state index contributed by atoms with van der Waals surface area (Å²) in [5.74, 6) is -0.227. The van der Waals surface area contributed by atoms with Gasteiger partial charge in [-0.2, -0.15) is 0 Å². The Morgan fingerprint density at radius 1 is 1.22 bits per heavy atom. The number of amides is 2. The lowest BCUT2D eigenvalue weighted by Gasteiger charge is -2.12. The number of cyclic esters (lactones) is 1. The summed E-state index contributed by atoms with van der Waals surface area (Å²) in [6.45, 7) is 0.915. The average molecular weight is 311 g/mol. The Morgan fingerprint density at radius 3 is 2.74 bits per heavy atom. The molecule has 1 fully saturated rings. The van der Waals surface area contributed by atoms with Crippen molar-refractivity contribution in [3.63, 3.8) is 0 Å². The summed E-state index contributed by atoms with van der Waals surface area (Å²) in [5, 5.41) is 2.78. The second-order valence-electron chi connectivity index (χ2n) is 5.21. The molecule has 1 unspecified atom stereocenters. The van der Waals surface area contributed by atoms with Crippen molar-refractivity contribution in [2.75, 3.05) is 18.0 Å². The van der Waals surface area contributed by atoms with Gasteiger partial charge >= 0.3 is 6.09 Å². The standard InChI is InChI=1S/C17H17N3O3/c21-16(15-8-4-5-10-18-15)19-11-9-14-12-20(17(22)23-14)13-6-2-1-3-7-13/h1-8,10,14H,9,11-12H2,(H,19,21). The topological polar surface area (TPSA) is 71.5 Å². The van der Waals surface area contributed by atoms with E-state index >= 15 is 0 Å². The number of rotatable bonds is 5. The highest BCUT2D eigenvalue weighted by atomic mass is 16.6. The van der Waals surface area contributed by atoms with E-state index in [1.54, 1.807) is 29.3 Å². The minimum Gasteiger partial charge on any atom is -0.444 e. The number of anilines is 1. The number of para-hydroxylation sites is 1. The smallest absolute Gasteiger partial charge is 0.414 e. The molecule has 2 amide bonds. The van der Waals surface area contributed by atoms with Gasteiger partial charge in [-0.25, -0.2) is 4.79 Å². The second-order valence-corrected chi connectivity index (χ2v) is 5.21. The van der Waals surface area contributed by atoms with Crippen LogP contribution in [0.25, 0.3) is 0 Å². The maximum absolute atomic E-state index is 11.9. The zero-order valence-corrected chi connectivity index (χ0v) is 12.5. The molecule has 1 atom stereocenters. The molecule has 3 rings (SSSR count). The third kappa shape index (κ3) is 3.66.